The molecule has 0 spiro atoms. The summed E-state index contributed by atoms with van der Waals surface area (Å²) >= 11 is 0. The van der Waals surface area contributed by atoms with Crippen LogP contribution in [0.25, 0.3) is 0 Å². The summed E-state index contributed by atoms with van der Waals surface area (Å²) in [7, 11) is -3.19. The fraction of sp³-hybridized carbons (Fsp3) is 0.500. The van der Waals surface area contributed by atoms with E-state index in [0.29, 0.717) is 10.6 Å². The molecule has 0 atom stereocenters. The van der Waals surface area contributed by atoms with Gasteiger partial charge < -0.3 is 14.4 Å². The van der Waals surface area contributed by atoms with Crippen LogP contribution in [0.3, 0.4) is 0 Å². The maximum absolute atomic E-state index is 13.1. The Hall–Kier alpha value is -2.12. The van der Waals surface area contributed by atoms with Gasteiger partial charge in [0.1, 0.15) is 11.6 Å². The molecule has 168 valence electrons. The zero-order valence-corrected chi connectivity index (χ0v) is 18.7. The van der Waals surface area contributed by atoms with E-state index in [0.717, 1.165) is 57.3 Å². The van der Waals surface area contributed by atoms with Gasteiger partial charge in [-0.1, -0.05) is 0 Å². The minimum atomic E-state index is -3.19. The lowest BCUT2D eigenvalue weighted by molar-refractivity contribution is -0.0527. The summed E-state index contributed by atoms with van der Waals surface area (Å²) in [6, 6.07) is 13.4. The SMILES string of the molecule is CS(=O)(=O)c1ccc(O[C@H]2CC[C@H](OC3CCN(c4ccc(F)cc4)CC3)CC2)cc1. The van der Waals surface area contributed by atoms with Crippen molar-refractivity contribution in [3.05, 3.63) is 54.3 Å². The average Bonchev–Trinajstić information content (AvgIpc) is 2.76. The predicted molar refractivity (Wildman–Crippen MR) is 119 cm³/mol. The number of piperidine rings is 1. The van der Waals surface area contributed by atoms with E-state index in [-0.39, 0.29) is 24.1 Å². The van der Waals surface area contributed by atoms with Crippen LogP contribution in [-0.4, -0.2) is 46.1 Å². The first-order valence-corrected chi connectivity index (χ1v) is 12.9. The second-order valence-corrected chi connectivity index (χ2v) is 10.6. The number of sulfone groups is 1. The van der Waals surface area contributed by atoms with Gasteiger partial charge in [0.15, 0.2) is 9.84 Å². The number of ether oxygens (including phenoxy) is 2. The van der Waals surface area contributed by atoms with Crippen LogP contribution in [0, 0.1) is 5.82 Å². The molecule has 1 aliphatic carbocycles. The van der Waals surface area contributed by atoms with Crippen molar-refractivity contribution >= 4 is 15.5 Å². The molecule has 0 N–H and O–H groups in total. The molecule has 0 radical (unpaired) electrons. The highest BCUT2D eigenvalue weighted by Gasteiger charge is 2.27. The smallest absolute Gasteiger partial charge is 0.175 e. The van der Waals surface area contributed by atoms with Gasteiger partial charge in [0.2, 0.25) is 0 Å². The van der Waals surface area contributed by atoms with Gasteiger partial charge in [0, 0.05) is 25.0 Å². The largest absolute Gasteiger partial charge is 0.490 e. The summed E-state index contributed by atoms with van der Waals surface area (Å²) in [5, 5.41) is 0. The molecule has 0 amide bonds. The molecule has 1 saturated heterocycles. The Morgan fingerprint density at radius 3 is 1.94 bits per heavy atom. The van der Waals surface area contributed by atoms with Crippen molar-refractivity contribution in [2.75, 3.05) is 24.2 Å². The Labute approximate surface area is 184 Å². The molecule has 7 heteroatoms. The molecule has 1 aliphatic heterocycles. The fourth-order valence-corrected chi connectivity index (χ4v) is 5.05. The highest BCUT2D eigenvalue weighted by atomic mass is 32.2. The average molecular weight is 448 g/mol. The van der Waals surface area contributed by atoms with Crippen molar-refractivity contribution in [2.45, 2.75) is 61.7 Å². The Kier molecular flexibility index (Phi) is 6.82. The lowest BCUT2D eigenvalue weighted by Gasteiger charge is -2.37. The second-order valence-electron chi connectivity index (χ2n) is 8.56. The zero-order chi connectivity index (χ0) is 21.8. The Morgan fingerprint density at radius 1 is 0.806 bits per heavy atom. The van der Waals surface area contributed by atoms with Crippen molar-refractivity contribution in [1.82, 2.24) is 0 Å². The van der Waals surface area contributed by atoms with Gasteiger partial charge in [-0.15, -0.1) is 0 Å². The fourth-order valence-electron chi connectivity index (χ4n) is 4.42. The third-order valence-corrected chi connectivity index (χ3v) is 7.32. The highest BCUT2D eigenvalue weighted by molar-refractivity contribution is 7.90. The van der Waals surface area contributed by atoms with Gasteiger partial charge in [-0.3, -0.25) is 0 Å². The standard InChI is InChI=1S/C24H30FNO4S/c1-31(27,28)24-12-10-22(11-13-24)29-20-6-8-21(9-7-20)30-23-14-16-26(17-15-23)19-4-2-18(25)3-5-19/h2-5,10-13,20-21,23H,6-9,14-17H2,1H3/t20-,21-. The van der Waals surface area contributed by atoms with Gasteiger partial charge in [-0.2, -0.15) is 0 Å². The van der Waals surface area contributed by atoms with Crippen molar-refractivity contribution in [3.8, 4) is 5.75 Å². The first-order valence-electron chi connectivity index (χ1n) is 11.0. The summed E-state index contributed by atoms with van der Waals surface area (Å²) in [5.74, 6) is 0.511. The summed E-state index contributed by atoms with van der Waals surface area (Å²) in [4.78, 5) is 2.60. The van der Waals surface area contributed by atoms with Crippen molar-refractivity contribution < 1.29 is 22.3 Å². The van der Waals surface area contributed by atoms with Crippen LogP contribution >= 0.6 is 0 Å². The molecule has 2 aromatic rings. The van der Waals surface area contributed by atoms with Crippen LogP contribution < -0.4 is 9.64 Å². The second kappa shape index (κ2) is 9.57. The van der Waals surface area contributed by atoms with Crippen molar-refractivity contribution in [2.24, 2.45) is 0 Å². The van der Waals surface area contributed by atoms with E-state index in [9.17, 15) is 12.8 Å². The zero-order valence-electron chi connectivity index (χ0n) is 17.9. The molecule has 1 heterocycles. The number of nitrogens with zero attached hydrogens (tertiary/aromatic N) is 1. The minimum absolute atomic E-state index is 0.143. The van der Waals surface area contributed by atoms with E-state index in [2.05, 4.69) is 4.90 Å². The molecule has 0 unspecified atom stereocenters. The monoisotopic (exact) mass is 447 g/mol. The molecule has 2 fully saturated rings. The van der Waals surface area contributed by atoms with Crippen LogP contribution in [0.1, 0.15) is 38.5 Å². The van der Waals surface area contributed by atoms with Crippen LogP contribution in [0.2, 0.25) is 0 Å². The van der Waals surface area contributed by atoms with Gasteiger partial charge in [0.25, 0.3) is 0 Å². The minimum Gasteiger partial charge on any atom is -0.490 e. The molecule has 0 aromatic heterocycles. The Balaban J connectivity index is 1.19. The lowest BCUT2D eigenvalue weighted by Crippen LogP contribution is -2.39. The van der Waals surface area contributed by atoms with Crippen LogP contribution in [0.5, 0.6) is 5.75 Å². The van der Waals surface area contributed by atoms with Gasteiger partial charge >= 0.3 is 0 Å². The summed E-state index contributed by atoms with van der Waals surface area (Å²) < 4.78 is 48.7. The van der Waals surface area contributed by atoms with E-state index in [1.165, 1.54) is 18.4 Å². The summed E-state index contributed by atoms with van der Waals surface area (Å²) in [6.07, 6.45) is 7.70. The van der Waals surface area contributed by atoms with Gasteiger partial charge in [-0.05, 0) is 87.1 Å². The molecule has 5 nitrogen and oxygen atoms in total. The van der Waals surface area contributed by atoms with Crippen LogP contribution in [0.4, 0.5) is 10.1 Å². The molecule has 2 aliphatic rings. The number of anilines is 1. The molecular weight excluding hydrogens is 417 g/mol. The number of hydrogen-bond donors (Lipinski definition) is 0. The topological polar surface area (TPSA) is 55.8 Å². The predicted octanol–water partition coefficient (Wildman–Crippen LogP) is 4.60. The third-order valence-electron chi connectivity index (χ3n) is 6.19. The highest BCUT2D eigenvalue weighted by Crippen LogP contribution is 2.29. The third kappa shape index (κ3) is 5.98. The number of hydrogen-bond acceptors (Lipinski definition) is 5. The molecular formula is C24H30FNO4S. The number of benzene rings is 2. The quantitative estimate of drug-likeness (QED) is 0.648. The molecule has 4 rings (SSSR count). The molecule has 31 heavy (non-hydrogen) atoms. The number of halogens is 1. The number of rotatable bonds is 6. The van der Waals surface area contributed by atoms with Gasteiger partial charge in [-0.25, -0.2) is 12.8 Å². The Morgan fingerprint density at radius 2 is 1.35 bits per heavy atom. The van der Waals surface area contributed by atoms with Crippen LogP contribution in [0.15, 0.2) is 53.4 Å². The first kappa shape index (κ1) is 22.1. The summed E-state index contributed by atoms with van der Waals surface area (Å²) in [6.45, 7) is 1.86. The van der Waals surface area contributed by atoms with E-state index >= 15 is 0 Å². The summed E-state index contributed by atoms with van der Waals surface area (Å²) in [5.41, 5.74) is 1.07. The molecule has 2 aromatic carbocycles. The lowest BCUT2D eigenvalue weighted by atomic mass is 9.94. The maximum atomic E-state index is 13.1. The molecule has 0 bridgehead atoms. The van der Waals surface area contributed by atoms with Crippen molar-refractivity contribution in [3.63, 3.8) is 0 Å². The molecule has 1 saturated carbocycles. The van der Waals surface area contributed by atoms with Gasteiger partial charge in [0.05, 0.1) is 23.2 Å². The van der Waals surface area contributed by atoms with E-state index in [1.807, 2.05) is 12.1 Å². The normalized spacial score (nSPS) is 23.0. The maximum Gasteiger partial charge on any atom is 0.175 e. The van der Waals surface area contributed by atoms with E-state index in [4.69, 9.17) is 9.47 Å². The van der Waals surface area contributed by atoms with E-state index < -0.39 is 9.84 Å². The Bertz CT molecular complexity index is 946. The first-order chi connectivity index (χ1) is 14.9. The van der Waals surface area contributed by atoms with E-state index in [1.54, 1.807) is 24.3 Å². The van der Waals surface area contributed by atoms with Crippen LogP contribution in [-0.2, 0) is 14.6 Å². The van der Waals surface area contributed by atoms with Crippen molar-refractivity contribution in [1.29, 1.82) is 0 Å².